The van der Waals surface area contributed by atoms with E-state index in [4.69, 9.17) is 28.4 Å². The van der Waals surface area contributed by atoms with Crippen LogP contribution in [0.1, 0.15) is 73.3 Å². The number of anilines is 1. The van der Waals surface area contributed by atoms with Crippen LogP contribution in [0, 0.1) is 18.2 Å². The lowest BCUT2D eigenvalue weighted by Gasteiger charge is -2.37. The molecule has 464 valence electrons. The molecule has 2 aromatic heterocycles. The van der Waals surface area contributed by atoms with Crippen molar-refractivity contribution >= 4 is 63.3 Å². The van der Waals surface area contributed by atoms with Crippen LogP contribution >= 0.6 is 22.7 Å². The van der Waals surface area contributed by atoms with E-state index < -0.39 is 58.6 Å². The molecule has 0 spiro atoms. The summed E-state index contributed by atoms with van der Waals surface area (Å²) in [6.07, 6.45) is 1.47. The number of nitrogens with one attached hydrogen (secondary N) is 5. The summed E-state index contributed by atoms with van der Waals surface area (Å²) >= 11 is 2.87. The lowest BCUT2D eigenvalue weighted by molar-refractivity contribution is -0.144. The van der Waals surface area contributed by atoms with E-state index in [1.54, 1.807) is 67.4 Å². The number of hydrogen-bond acceptors (Lipinski definition) is 18. The number of aliphatic hydroxyl groups excluding tert-OH is 1. The third-order valence-corrected chi connectivity index (χ3v) is 16.1. The first-order valence-corrected chi connectivity index (χ1v) is 30.2. The van der Waals surface area contributed by atoms with Crippen molar-refractivity contribution in [2.45, 2.75) is 84.2 Å². The number of halogens is 1. The second-order valence-corrected chi connectivity index (χ2v) is 23.9. The molecule has 4 atom stereocenters. The van der Waals surface area contributed by atoms with Crippen molar-refractivity contribution in [2.24, 2.45) is 5.41 Å². The van der Waals surface area contributed by atoms with E-state index in [1.807, 2.05) is 44.2 Å². The number of benzene rings is 4. The van der Waals surface area contributed by atoms with Crippen molar-refractivity contribution in [3.05, 3.63) is 130 Å². The summed E-state index contributed by atoms with van der Waals surface area (Å²) in [5.74, 6) is -2.91. The number of ether oxygens (including phenoxy) is 6. The van der Waals surface area contributed by atoms with Gasteiger partial charge in [-0.25, -0.2) is 19.2 Å². The predicted octanol–water partition coefficient (Wildman–Crippen LogP) is 6.63. The number of aromatic nitrogens is 2. The lowest BCUT2D eigenvalue weighted by atomic mass is 9.81. The SMILES string of the molecule is Cc1ncsc1-c1ccc(CNC(=O)[C@@H]2C[C@@H](O)CN2C(=O)[C@@H](NC(=O)COCCOCCOCC(=O)NCCOCCOc2cc3c(cc2Oc2ccc(-c4ccc(C(=O)O)cc4)c(F)c2)[C@@](C)(CC(=O)Nc2nccs2)NCC3)C(C)(C)C)cc1. The highest BCUT2D eigenvalue weighted by Gasteiger charge is 2.44. The highest BCUT2D eigenvalue weighted by Crippen LogP contribution is 2.42. The van der Waals surface area contributed by atoms with Crippen molar-refractivity contribution in [1.82, 2.24) is 36.1 Å². The first kappa shape index (κ1) is 65.2. The molecule has 0 radical (unpaired) electrons. The van der Waals surface area contributed by atoms with Gasteiger partial charge in [-0.15, -0.1) is 22.7 Å². The van der Waals surface area contributed by atoms with Gasteiger partial charge in [-0.3, -0.25) is 24.0 Å². The van der Waals surface area contributed by atoms with Gasteiger partial charge >= 0.3 is 5.97 Å². The zero-order chi connectivity index (χ0) is 62.1. The number of rotatable bonds is 30. The van der Waals surface area contributed by atoms with Gasteiger partial charge in [0.2, 0.25) is 29.5 Å². The minimum Gasteiger partial charge on any atom is -0.487 e. The van der Waals surface area contributed by atoms with E-state index in [0.717, 1.165) is 32.8 Å². The van der Waals surface area contributed by atoms with E-state index in [9.17, 15) is 39.0 Å². The molecule has 7 N–H and O–H groups in total. The van der Waals surface area contributed by atoms with Crippen LogP contribution in [0.4, 0.5) is 9.52 Å². The number of hydrogen-bond donors (Lipinski definition) is 7. The normalized spacial score (nSPS) is 16.8. The Morgan fingerprint density at radius 1 is 0.816 bits per heavy atom. The highest BCUT2D eigenvalue weighted by atomic mass is 32.1. The number of carboxylic acid groups (broad SMARTS) is 1. The molecular formula is C62H73FN8O14S2. The summed E-state index contributed by atoms with van der Waals surface area (Å²) in [4.78, 5) is 88.5. The Morgan fingerprint density at radius 2 is 1.52 bits per heavy atom. The first-order chi connectivity index (χ1) is 41.7. The highest BCUT2D eigenvalue weighted by molar-refractivity contribution is 7.14. The van der Waals surface area contributed by atoms with Crippen LogP contribution in [0.2, 0.25) is 0 Å². The van der Waals surface area contributed by atoms with E-state index in [0.29, 0.717) is 29.4 Å². The Labute approximate surface area is 511 Å². The summed E-state index contributed by atoms with van der Waals surface area (Å²) in [5.41, 5.74) is 5.62. The van der Waals surface area contributed by atoms with Crippen LogP contribution in [0.15, 0.2) is 96.0 Å². The molecule has 0 aliphatic carbocycles. The maximum absolute atomic E-state index is 15.7. The second kappa shape index (κ2) is 30.7. The van der Waals surface area contributed by atoms with E-state index >= 15 is 4.39 Å². The van der Waals surface area contributed by atoms with Crippen LogP contribution in [0.25, 0.3) is 21.6 Å². The van der Waals surface area contributed by atoms with Gasteiger partial charge in [0.25, 0.3) is 0 Å². The van der Waals surface area contributed by atoms with Crippen LogP contribution in [0.5, 0.6) is 17.2 Å². The number of likely N-dealkylation sites (tertiary alicyclic amines) is 1. The summed E-state index contributed by atoms with van der Waals surface area (Å²) in [6, 6.07) is 19.7. The van der Waals surface area contributed by atoms with Gasteiger partial charge < -0.3 is 70.1 Å². The summed E-state index contributed by atoms with van der Waals surface area (Å²) in [6.45, 7) is 10.5. The van der Waals surface area contributed by atoms with Gasteiger partial charge in [0.05, 0.1) is 67.4 Å². The quantitative estimate of drug-likeness (QED) is 0.0233. The molecule has 0 saturated carbocycles. The third-order valence-electron chi connectivity index (χ3n) is 14.5. The van der Waals surface area contributed by atoms with Gasteiger partial charge in [-0.2, -0.15) is 0 Å². The van der Waals surface area contributed by atoms with Crippen LogP contribution in [-0.2, 0) is 61.4 Å². The smallest absolute Gasteiger partial charge is 0.335 e. The number of nitrogens with zero attached hydrogens (tertiary/aromatic N) is 3. The van der Waals surface area contributed by atoms with Crippen LogP contribution in [-0.4, -0.2) is 158 Å². The maximum atomic E-state index is 15.7. The Morgan fingerprint density at radius 3 is 2.20 bits per heavy atom. The summed E-state index contributed by atoms with van der Waals surface area (Å²) in [5, 5.41) is 36.9. The molecule has 5 amide bonds. The fourth-order valence-corrected chi connectivity index (χ4v) is 11.4. The average molecular weight is 1240 g/mol. The molecule has 1 saturated heterocycles. The zero-order valence-corrected chi connectivity index (χ0v) is 50.7. The molecule has 87 heavy (non-hydrogen) atoms. The molecule has 4 aromatic carbocycles. The number of amides is 5. The maximum Gasteiger partial charge on any atom is 0.335 e. The Bertz CT molecular complexity index is 3330. The summed E-state index contributed by atoms with van der Waals surface area (Å²) < 4.78 is 50.4. The Balaban J connectivity index is 0.715. The minimum absolute atomic E-state index is 0.0546. The monoisotopic (exact) mass is 1240 g/mol. The standard InChI is InChI=1S/C62H73FN8O14S2/c1-38-55(87-37-67-38)41-8-6-39(7-9-41)33-66-57(76)49-29-44(72)34-71(49)58(77)56(61(2,3)4)69-54(75)36-83-24-22-81-21-23-82-35-53(74)64-18-20-80-25-26-84-50-28-43-16-17-68-62(5,32-52(73)70-60-65-19-27-86-60)47(43)31-51(50)85-45-14-15-46(48(63)30-45)40-10-12-42(13-11-40)59(78)79/h6-15,19,27-28,30-31,37,44,49,56,68,72H,16-18,20-26,29,32-36H2,1-5H3,(H,64,74)(H,66,76)(H,69,75)(H,78,79)(H,65,70,73)/t44-,49+,56-,62-/m1/s1. The van der Waals surface area contributed by atoms with Crippen molar-refractivity contribution in [2.75, 3.05) is 84.4 Å². The van der Waals surface area contributed by atoms with Crippen molar-refractivity contribution in [1.29, 1.82) is 0 Å². The van der Waals surface area contributed by atoms with E-state index in [-0.39, 0.29) is 126 Å². The van der Waals surface area contributed by atoms with Gasteiger partial charge in [0, 0.05) is 67.8 Å². The molecule has 6 aromatic rings. The number of thiazole rings is 2. The van der Waals surface area contributed by atoms with Gasteiger partial charge in [0.15, 0.2) is 16.6 Å². The van der Waals surface area contributed by atoms with E-state index in [2.05, 4.69) is 36.6 Å². The number of carbonyl (C=O) groups is 6. The molecule has 1 fully saturated rings. The topological polar surface area (TPSA) is 287 Å². The number of carboxylic acids is 1. The minimum atomic E-state index is -1.09. The average Bonchev–Trinajstić information content (AvgIpc) is 1.31. The molecule has 0 bridgehead atoms. The molecule has 0 unspecified atom stereocenters. The number of aryl methyl sites for hydroxylation is 1. The Hall–Kier alpha value is -7.75. The van der Waals surface area contributed by atoms with Crippen molar-refractivity contribution in [3.63, 3.8) is 0 Å². The van der Waals surface area contributed by atoms with Gasteiger partial charge in [-0.05, 0) is 89.9 Å². The molecule has 22 nitrogen and oxygen atoms in total. The number of β-amino-alcohol motifs (C(OH)–C–C–N with tert-alkyl or cyclic N) is 1. The van der Waals surface area contributed by atoms with Gasteiger partial charge in [0.1, 0.15) is 43.5 Å². The number of fused-ring (bicyclic) bond motifs is 1. The first-order valence-electron chi connectivity index (χ1n) is 28.4. The molecule has 25 heteroatoms. The molecule has 4 heterocycles. The second-order valence-electron chi connectivity index (χ2n) is 22.1. The Kier molecular flexibility index (Phi) is 23.0. The molecule has 2 aliphatic heterocycles. The predicted molar refractivity (Wildman–Crippen MR) is 323 cm³/mol. The van der Waals surface area contributed by atoms with Crippen LogP contribution in [0.3, 0.4) is 0 Å². The number of aliphatic hydroxyl groups is 1. The number of aromatic carboxylic acids is 1. The van der Waals surface area contributed by atoms with Crippen molar-refractivity contribution in [3.8, 4) is 38.8 Å². The van der Waals surface area contributed by atoms with Crippen LogP contribution < -0.4 is 36.1 Å². The lowest BCUT2D eigenvalue weighted by Crippen LogP contribution is -2.58. The zero-order valence-electron chi connectivity index (χ0n) is 49.1. The third kappa shape index (κ3) is 18.4. The molecule has 8 rings (SSSR count). The number of carbonyl (C=O) groups excluding carboxylic acids is 5. The van der Waals surface area contributed by atoms with E-state index in [1.165, 1.54) is 46.6 Å². The fourth-order valence-electron chi connectivity index (χ4n) is 10.0. The largest absolute Gasteiger partial charge is 0.487 e. The fraction of sp³-hybridized carbons (Fsp3) is 0.419. The van der Waals surface area contributed by atoms with Gasteiger partial charge in [-0.1, -0.05) is 57.2 Å². The summed E-state index contributed by atoms with van der Waals surface area (Å²) in [7, 11) is 0. The van der Waals surface area contributed by atoms with Crippen molar-refractivity contribution < 1.29 is 71.8 Å². The molecule has 2 aliphatic rings. The molecular weight excluding hydrogens is 1160 g/mol.